The van der Waals surface area contributed by atoms with E-state index in [2.05, 4.69) is 23.5 Å². The van der Waals surface area contributed by atoms with E-state index in [0.29, 0.717) is 13.2 Å². The second kappa shape index (κ2) is 6.03. The fourth-order valence-corrected chi connectivity index (χ4v) is 2.25. The van der Waals surface area contributed by atoms with Crippen molar-refractivity contribution in [3.8, 4) is 5.75 Å². The molecule has 3 nitrogen and oxygen atoms in total. The summed E-state index contributed by atoms with van der Waals surface area (Å²) in [5, 5.41) is 3.18. The number of aryl methyl sites for hydroxylation is 2. The van der Waals surface area contributed by atoms with Gasteiger partial charge in [0, 0.05) is 7.11 Å². The van der Waals surface area contributed by atoms with Gasteiger partial charge in [0.15, 0.2) is 0 Å². The molecule has 1 aliphatic carbocycles. The third-order valence-electron chi connectivity index (χ3n) is 3.30. The van der Waals surface area contributed by atoms with E-state index in [1.165, 1.54) is 30.4 Å². The quantitative estimate of drug-likeness (QED) is 0.815. The molecule has 0 radical (unpaired) electrons. The first kappa shape index (κ1) is 12.4. The lowest BCUT2D eigenvalue weighted by molar-refractivity contribution is 0.140. The number of rotatable bonds is 6. The highest BCUT2D eigenvalue weighted by molar-refractivity contribution is 5.38. The van der Waals surface area contributed by atoms with Gasteiger partial charge in [-0.2, -0.15) is 0 Å². The average Bonchev–Trinajstić information content (AvgIpc) is 2.81. The molecule has 0 bridgehead atoms. The molecule has 0 amide bonds. The summed E-state index contributed by atoms with van der Waals surface area (Å²) in [7, 11) is 3.63. The van der Waals surface area contributed by atoms with Crippen LogP contribution in [0.1, 0.15) is 17.5 Å². The van der Waals surface area contributed by atoms with Gasteiger partial charge in [-0.3, -0.25) is 0 Å². The second-order valence-electron chi connectivity index (χ2n) is 4.54. The molecule has 94 valence electrons. The predicted molar refractivity (Wildman–Crippen MR) is 68.7 cm³/mol. The van der Waals surface area contributed by atoms with Crippen molar-refractivity contribution in [1.82, 2.24) is 5.32 Å². The van der Waals surface area contributed by atoms with E-state index in [9.17, 15) is 0 Å². The summed E-state index contributed by atoms with van der Waals surface area (Å²) in [5.74, 6) is 0.974. The Morgan fingerprint density at radius 1 is 1.24 bits per heavy atom. The number of hydrogen-bond donors (Lipinski definition) is 1. The van der Waals surface area contributed by atoms with Crippen molar-refractivity contribution in [2.45, 2.75) is 25.3 Å². The zero-order valence-corrected chi connectivity index (χ0v) is 10.7. The predicted octanol–water partition coefficient (Wildman–Crippen LogP) is 1.79. The van der Waals surface area contributed by atoms with Gasteiger partial charge >= 0.3 is 0 Å². The highest BCUT2D eigenvalue weighted by atomic mass is 16.5. The van der Waals surface area contributed by atoms with Gasteiger partial charge in [0.2, 0.25) is 0 Å². The second-order valence-corrected chi connectivity index (χ2v) is 4.54. The third-order valence-corrected chi connectivity index (χ3v) is 3.30. The monoisotopic (exact) mass is 235 g/mol. The van der Waals surface area contributed by atoms with Crippen LogP contribution in [0.3, 0.4) is 0 Å². The largest absolute Gasteiger partial charge is 0.492 e. The molecule has 1 atom stereocenters. The van der Waals surface area contributed by atoms with Gasteiger partial charge in [-0.15, -0.1) is 0 Å². The van der Waals surface area contributed by atoms with Crippen LogP contribution in [0.5, 0.6) is 5.75 Å². The van der Waals surface area contributed by atoms with Crippen molar-refractivity contribution < 1.29 is 9.47 Å². The Morgan fingerprint density at radius 3 is 2.82 bits per heavy atom. The molecule has 0 saturated carbocycles. The Hall–Kier alpha value is -1.06. The zero-order chi connectivity index (χ0) is 12.1. The molecule has 0 saturated heterocycles. The molecular weight excluding hydrogens is 214 g/mol. The molecular formula is C14H21NO2. The summed E-state index contributed by atoms with van der Waals surface area (Å²) in [6.45, 7) is 1.31. The van der Waals surface area contributed by atoms with Crippen molar-refractivity contribution in [3.05, 3.63) is 29.3 Å². The number of nitrogens with one attached hydrogen (secondary N) is 1. The lowest BCUT2D eigenvalue weighted by atomic mass is 10.1. The summed E-state index contributed by atoms with van der Waals surface area (Å²) >= 11 is 0. The first-order valence-electron chi connectivity index (χ1n) is 6.24. The fraction of sp³-hybridized carbons (Fsp3) is 0.571. The van der Waals surface area contributed by atoms with Crippen LogP contribution >= 0.6 is 0 Å². The summed E-state index contributed by atoms with van der Waals surface area (Å²) in [4.78, 5) is 0. The van der Waals surface area contributed by atoms with Crippen LogP contribution in [0, 0.1) is 0 Å². The van der Waals surface area contributed by atoms with Crippen molar-refractivity contribution in [2.24, 2.45) is 0 Å². The minimum absolute atomic E-state index is 0.244. The van der Waals surface area contributed by atoms with Crippen LogP contribution in [0.4, 0.5) is 0 Å². The molecule has 1 N–H and O–H groups in total. The summed E-state index contributed by atoms with van der Waals surface area (Å²) in [6.07, 6.45) is 3.69. The Labute approximate surface area is 103 Å². The molecule has 1 aromatic rings. The van der Waals surface area contributed by atoms with Crippen LogP contribution in [-0.4, -0.2) is 33.4 Å². The minimum Gasteiger partial charge on any atom is -0.492 e. The van der Waals surface area contributed by atoms with E-state index in [4.69, 9.17) is 9.47 Å². The maximum Gasteiger partial charge on any atom is 0.119 e. The molecule has 0 fully saturated rings. The van der Waals surface area contributed by atoms with Gasteiger partial charge in [-0.05, 0) is 49.6 Å². The van der Waals surface area contributed by atoms with Crippen LogP contribution in [0.15, 0.2) is 18.2 Å². The molecule has 17 heavy (non-hydrogen) atoms. The van der Waals surface area contributed by atoms with Gasteiger partial charge in [0.05, 0.1) is 12.6 Å². The lowest BCUT2D eigenvalue weighted by Gasteiger charge is -2.16. The zero-order valence-electron chi connectivity index (χ0n) is 10.7. The van der Waals surface area contributed by atoms with Gasteiger partial charge in [0.1, 0.15) is 12.4 Å². The third kappa shape index (κ3) is 3.20. The van der Waals surface area contributed by atoms with Gasteiger partial charge in [0.25, 0.3) is 0 Å². The Morgan fingerprint density at radius 2 is 2.06 bits per heavy atom. The smallest absolute Gasteiger partial charge is 0.119 e. The standard InChI is InChI=1S/C14H21NO2/c1-15-13(9-16-2)10-17-14-7-6-11-4-3-5-12(11)8-14/h6-8,13,15H,3-5,9-10H2,1-2H3. The van der Waals surface area contributed by atoms with E-state index in [1.54, 1.807) is 7.11 Å². The molecule has 0 spiro atoms. The molecule has 0 heterocycles. The Balaban J connectivity index is 1.90. The van der Waals surface area contributed by atoms with Crippen molar-refractivity contribution in [2.75, 3.05) is 27.4 Å². The number of hydrogen-bond acceptors (Lipinski definition) is 3. The Bertz CT molecular complexity index is 365. The first-order valence-corrected chi connectivity index (χ1v) is 6.24. The van der Waals surface area contributed by atoms with E-state index in [0.717, 1.165) is 5.75 Å². The van der Waals surface area contributed by atoms with Crippen LogP contribution in [0.25, 0.3) is 0 Å². The van der Waals surface area contributed by atoms with Crippen LogP contribution in [-0.2, 0) is 17.6 Å². The summed E-state index contributed by atoms with van der Waals surface area (Å²) in [6, 6.07) is 6.70. The van der Waals surface area contributed by atoms with E-state index >= 15 is 0 Å². The van der Waals surface area contributed by atoms with Crippen molar-refractivity contribution in [1.29, 1.82) is 0 Å². The lowest BCUT2D eigenvalue weighted by Crippen LogP contribution is -2.35. The molecule has 0 aliphatic heterocycles. The summed E-state index contributed by atoms with van der Waals surface area (Å²) in [5.41, 5.74) is 2.94. The van der Waals surface area contributed by atoms with E-state index < -0.39 is 0 Å². The van der Waals surface area contributed by atoms with Crippen molar-refractivity contribution >= 4 is 0 Å². The molecule has 3 heteroatoms. The Kier molecular flexibility index (Phi) is 4.40. The molecule has 1 aliphatic rings. The maximum atomic E-state index is 5.79. The highest BCUT2D eigenvalue weighted by Crippen LogP contribution is 2.25. The SMILES string of the molecule is CNC(COC)COc1ccc2c(c1)CCC2. The number of methoxy groups -OCH3 is 1. The number of likely N-dealkylation sites (N-methyl/N-ethyl adjacent to an activating group) is 1. The average molecular weight is 235 g/mol. The normalized spacial score (nSPS) is 15.6. The van der Waals surface area contributed by atoms with Gasteiger partial charge in [-0.1, -0.05) is 6.07 Å². The topological polar surface area (TPSA) is 30.5 Å². The molecule has 0 aromatic heterocycles. The molecule has 1 aromatic carbocycles. The highest BCUT2D eigenvalue weighted by Gasteiger charge is 2.12. The first-order chi connectivity index (χ1) is 8.33. The maximum absolute atomic E-state index is 5.79. The van der Waals surface area contributed by atoms with E-state index in [1.807, 2.05) is 7.05 Å². The van der Waals surface area contributed by atoms with Gasteiger partial charge < -0.3 is 14.8 Å². The van der Waals surface area contributed by atoms with Gasteiger partial charge in [-0.25, -0.2) is 0 Å². The minimum atomic E-state index is 0.244. The van der Waals surface area contributed by atoms with E-state index in [-0.39, 0.29) is 6.04 Å². The molecule has 1 unspecified atom stereocenters. The molecule has 2 rings (SSSR count). The fourth-order valence-electron chi connectivity index (χ4n) is 2.25. The van der Waals surface area contributed by atoms with Crippen LogP contribution in [0.2, 0.25) is 0 Å². The van der Waals surface area contributed by atoms with Crippen molar-refractivity contribution in [3.63, 3.8) is 0 Å². The number of fused-ring (bicyclic) bond motifs is 1. The van der Waals surface area contributed by atoms with Crippen LogP contribution < -0.4 is 10.1 Å². The summed E-state index contributed by atoms with van der Waals surface area (Å²) < 4.78 is 10.9. The number of benzene rings is 1. The number of ether oxygens (including phenoxy) is 2.